The molecule has 1 fully saturated rings. The van der Waals surface area contributed by atoms with Crippen LogP contribution in [0.25, 0.3) is 0 Å². The Bertz CT molecular complexity index is 600. The average Bonchev–Trinajstić information content (AvgIpc) is 2.70. The van der Waals surface area contributed by atoms with Crippen LogP contribution in [0.2, 0.25) is 0 Å². The number of β-amino-alcohol motifs (C(OH)–C–C–N with tert-alkyl or cyclic N) is 1. The molecule has 29 heavy (non-hydrogen) atoms. The van der Waals surface area contributed by atoms with Gasteiger partial charge in [-0.05, 0) is 31.9 Å². The van der Waals surface area contributed by atoms with Gasteiger partial charge in [0, 0.05) is 44.5 Å². The Morgan fingerprint density at radius 1 is 1.21 bits per heavy atom. The largest absolute Gasteiger partial charge is 0.387 e. The molecule has 4 N–H and O–H groups in total. The molecule has 7 nitrogen and oxygen atoms in total. The molecule has 0 amide bonds. The van der Waals surface area contributed by atoms with E-state index in [0.717, 1.165) is 51.0 Å². The highest BCUT2D eigenvalue weighted by molar-refractivity contribution is 5.79. The lowest BCUT2D eigenvalue weighted by molar-refractivity contribution is -0.0179. The highest BCUT2D eigenvalue weighted by Gasteiger charge is 2.25. The average molecular weight is 406 g/mol. The van der Waals surface area contributed by atoms with Gasteiger partial charge in [0.05, 0.1) is 25.4 Å². The zero-order chi connectivity index (χ0) is 21.1. The van der Waals surface area contributed by atoms with Crippen LogP contribution < -0.4 is 16.0 Å². The van der Waals surface area contributed by atoms with E-state index in [4.69, 9.17) is 4.74 Å². The molecule has 0 saturated carbocycles. The quantitative estimate of drug-likeness (QED) is 0.351. The van der Waals surface area contributed by atoms with Crippen molar-refractivity contribution in [3.8, 4) is 0 Å². The molecule has 2 atom stereocenters. The van der Waals surface area contributed by atoms with Crippen molar-refractivity contribution in [3.05, 3.63) is 30.3 Å². The van der Waals surface area contributed by atoms with Gasteiger partial charge in [-0.2, -0.15) is 0 Å². The molecule has 1 saturated heterocycles. The predicted molar refractivity (Wildman–Crippen MR) is 121 cm³/mol. The van der Waals surface area contributed by atoms with Crippen molar-refractivity contribution >= 4 is 11.6 Å². The van der Waals surface area contributed by atoms with Crippen LogP contribution in [0, 0.1) is 5.92 Å². The molecule has 0 aromatic heterocycles. The second kappa shape index (κ2) is 12.0. The summed E-state index contributed by atoms with van der Waals surface area (Å²) in [5, 5.41) is 21.1. The summed E-state index contributed by atoms with van der Waals surface area (Å²) in [5.41, 5.74) is 0.239. The Kier molecular flexibility index (Phi) is 9.70. The van der Waals surface area contributed by atoms with Crippen LogP contribution in [-0.4, -0.2) is 80.1 Å². The third-order valence-electron chi connectivity index (χ3n) is 5.01. The summed E-state index contributed by atoms with van der Waals surface area (Å²) in [5.74, 6) is 1.19. The molecule has 0 spiro atoms. The van der Waals surface area contributed by atoms with Gasteiger partial charge in [0.2, 0.25) is 0 Å². The summed E-state index contributed by atoms with van der Waals surface area (Å²) in [6, 6.07) is 10.5. The lowest BCUT2D eigenvalue weighted by atomic mass is 10.0. The Hall–Kier alpha value is -1.83. The van der Waals surface area contributed by atoms with E-state index in [2.05, 4.69) is 51.8 Å². The molecule has 164 valence electrons. The van der Waals surface area contributed by atoms with E-state index in [9.17, 15) is 5.11 Å². The lowest BCUT2D eigenvalue weighted by Crippen LogP contribution is -2.49. The molecule has 2 rings (SSSR count). The zero-order valence-electron chi connectivity index (χ0n) is 18.4. The fraction of sp³-hybridized carbons (Fsp3) is 0.682. The molecule has 1 aliphatic rings. The minimum absolute atomic E-state index is 0.259. The van der Waals surface area contributed by atoms with Crippen molar-refractivity contribution in [1.82, 2.24) is 15.5 Å². The van der Waals surface area contributed by atoms with Crippen LogP contribution in [0.15, 0.2) is 35.3 Å². The van der Waals surface area contributed by atoms with Crippen molar-refractivity contribution < 1.29 is 9.84 Å². The first-order valence-electron chi connectivity index (χ1n) is 10.8. The zero-order valence-corrected chi connectivity index (χ0v) is 18.4. The van der Waals surface area contributed by atoms with Crippen molar-refractivity contribution in [2.75, 3.05) is 57.8 Å². The van der Waals surface area contributed by atoms with E-state index in [1.54, 1.807) is 0 Å². The third-order valence-corrected chi connectivity index (χ3v) is 5.01. The number of guanidine groups is 1. The number of para-hydroxylation sites is 1. The molecular formula is C22H39N5O2. The first-order chi connectivity index (χ1) is 13.9. The second-order valence-corrected chi connectivity index (χ2v) is 8.32. The summed E-state index contributed by atoms with van der Waals surface area (Å²) < 4.78 is 5.38. The SMILES string of the molecule is CCNC(=NCC(C)(O)CN1CCOCC1)NCC(Nc1ccccc1)C(C)C. The van der Waals surface area contributed by atoms with Crippen molar-refractivity contribution in [1.29, 1.82) is 0 Å². The molecule has 0 aliphatic carbocycles. The van der Waals surface area contributed by atoms with Gasteiger partial charge in [-0.15, -0.1) is 0 Å². The Morgan fingerprint density at radius 3 is 2.52 bits per heavy atom. The minimum atomic E-state index is -0.876. The second-order valence-electron chi connectivity index (χ2n) is 8.32. The number of morpholine rings is 1. The smallest absolute Gasteiger partial charge is 0.191 e. The summed E-state index contributed by atoms with van der Waals surface area (Å²) in [4.78, 5) is 6.88. The summed E-state index contributed by atoms with van der Waals surface area (Å²) in [6.07, 6.45) is 0. The fourth-order valence-corrected chi connectivity index (χ4v) is 3.29. The van der Waals surface area contributed by atoms with E-state index in [1.165, 1.54) is 0 Å². The number of anilines is 1. The van der Waals surface area contributed by atoms with Crippen LogP contribution in [0.1, 0.15) is 27.7 Å². The number of benzene rings is 1. The molecule has 0 bridgehead atoms. The van der Waals surface area contributed by atoms with E-state index in [-0.39, 0.29) is 6.04 Å². The number of aliphatic hydroxyl groups is 1. The normalized spacial score (nSPS) is 18.9. The van der Waals surface area contributed by atoms with Crippen LogP contribution in [0.4, 0.5) is 5.69 Å². The molecule has 1 heterocycles. The number of nitrogens with one attached hydrogen (secondary N) is 3. The van der Waals surface area contributed by atoms with Crippen LogP contribution in [0.3, 0.4) is 0 Å². The van der Waals surface area contributed by atoms with Crippen LogP contribution >= 0.6 is 0 Å². The van der Waals surface area contributed by atoms with Gasteiger partial charge in [-0.1, -0.05) is 32.0 Å². The highest BCUT2D eigenvalue weighted by atomic mass is 16.5. The molecule has 1 aromatic carbocycles. The lowest BCUT2D eigenvalue weighted by Gasteiger charge is -2.33. The van der Waals surface area contributed by atoms with E-state index >= 15 is 0 Å². The molecule has 2 unspecified atom stereocenters. The Morgan fingerprint density at radius 2 is 1.90 bits per heavy atom. The standard InChI is InChI=1S/C22H39N5O2/c1-5-23-21(25-16-22(4,28)17-27-11-13-29-14-12-27)24-15-20(18(2)3)26-19-9-7-6-8-10-19/h6-10,18,20,26,28H,5,11-17H2,1-4H3,(H2,23,24,25). The first-order valence-corrected chi connectivity index (χ1v) is 10.8. The predicted octanol–water partition coefficient (Wildman–Crippen LogP) is 1.76. The summed E-state index contributed by atoms with van der Waals surface area (Å²) in [7, 11) is 0. The van der Waals surface area contributed by atoms with Gasteiger partial charge in [0.25, 0.3) is 0 Å². The maximum absolute atomic E-state index is 10.8. The third kappa shape index (κ3) is 9.02. The highest BCUT2D eigenvalue weighted by Crippen LogP contribution is 2.12. The Labute approximate surface area is 175 Å². The van der Waals surface area contributed by atoms with E-state index in [0.29, 0.717) is 19.0 Å². The summed E-state index contributed by atoms with van der Waals surface area (Å²) >= 11 is 0. The number of hydrogen-bond donors (Lipinski definition) is 4. The number of aliphatic imine (C=N–C) groups is 1. The molecule has 1 aliphatic heterocycles. The number of nitrogens with zero attached hydrogens (tertiary/aromatic N) is 2. The maximum Gasteiger partial charge on any atom is 0.191 e. The first kappa shape index (κ1) is 23.4. The van der Waals surface area contributed by atoms with E-state index < -0.39 is 5.60 Å². The summed E-state index contributed by atoms with van der Waals surface area (Å²) in [6.45, 7) is 14.0. The fourth-order valence-electron chi connectivity index (χ4n) is 3.29. The van der Waals surface area contributed by atoms with Gasteiger partial charge < -0.3 is 25.8 Å². The maximum atomic E-state index is 10.8. The number of hydrogen-bond acceptors (Lipinski definition) is 5. The van der Waals surface area contributed by atoms with Gasteiger partial charge in [0.15, 0.2) is 5.96 Å². The van der Waals surface area contributed by atoms with Crippen molar-refractivity contribution in [3.63, 3.8) is 0 Å². The monoisotopic (exact) mass is 405 g/mol. The van der Waals surface area contributed by atoms with Gasteiger partial charge in [-0.25, -0.2) is 0 Å². The molecule has 1 aromatic rings. The van der Waals surface area contributed by atoms with Gasteiger partial charge in [0.1, 0.15) is 0 Å². The van der Waals surface area contributed by atoms with Gasteiger partial charge >= 0.3 is 0 Å². The molecule has 0 radical (unpaired) electrons. The molecular weight excluding hydrogens is 366 g/mol. The van der Waals surface area contributed by atoms with Crippen molar-refractivity contribution in [2.45, 2.75) is 39.3 Å². The van der Waals surface area contributed by atoms with E-state index in [1.807, 2.05) is 32.0 Å². The van der Waals surface area contributed by atoms with Gasteiger partial charge in [-0.3, -0.25) is 9.89 Å². The topological polar surface area (TPSA) is 81.2 Å². The van der Waals surface area contributed by atoms with Crippen LogP contribution in [0.5, 0.6) is 0 Å². The number of rotatable bonds is 10. The number of ether oxygens (including phenoxy) is 1. The minimum Gasteiger partial charge on any atom is -0.387 e. The van der Waals surface area contributed by atoms with Crippen molar-refractivity contribution in [2.24, 2.45) is 10.9 Å². The molecule has 7 heteroatoms. The van der Waals surface area contributed by atoms with Crippen LogP contribution in [-0.2, 0) is 4.74 Å². The Balaban J connectivity index is 1.90.